The van der Waals surface area contributed by atoms with Crippen molar-refractivity contribution in [1.82, 2.24) is 0 Å². The molecule has 0 aromatic rings. The molecule has 0 heterocycles. The summed E-state index contributed by atoms with van der Waals surface area (Å²) < 4.78 is 5.56. The van der Waals surface area contributed by atoms with Crippen LogP contribution in [-0.4, -0.2) is 28.9 Å². The van der Waals surface area contributed by atoms with Crippen LogP contribution < -0.4 is 0 Å². The molecule has 0 aromatic carbocycles. The normalized spacial score (nSPS) is 47.7. The quantitative estimate of drug-likeness (QED) is 0.675. The van der Waals surface area contributed by atoms with Crippen molar-refractivity contribution < 1.29 is 23.9 Å². The molecule has 5 heteroatoms. The van der Waals surface area contributed by atoms with Crippen LogP contribution in [0.5, 0.6) is 0 Å². The molecule has 0 spiro atoms. The molecule has 0 saturated heterocycles. The Kier molecular flexibility index (Phi) is 4.41. The molecule has 7 atom stereocenters. The first kappa shape index (κ1) is 19.8. The Hall–Kier alpha value is -1.52. The third-order valence-electron chi connectivity index (χ3n) is 9.20. The van der Waals surface area contributed by atoms with Gasteiger partial charge in [-0.2, -0.15) is 0 Å². The van der Waals surface area contributed by atoms with Crippen molar-refractivity contribution in [2.75, 3.05) is 0 Å². The number of carbonyl (C=O) groups is 4. The zero-order chi connectivity index (χ0) is 20.5. The van der Waals surface area contributed by atoms with Gasteiger partial charge in [-0.3, -0.25) is 19.2 Å². The summed E-state index contributed by atoms with van der Waals surface area (Å²) in [5.41, 5.74) is -1.43. The van der Waals surface area contributed by atoms with E-state index < -0.39 is 11.6 Å². The van der Waals surface area contributed by atoms with Crippen LogP contribution in [0.15, 0.2) is 0 Å². The Morgan fingerprint density at radius 2 is 1.71 bits per heavy atom. The molecule has 154 valence electrons. The lowest BCUT2D eigenvalue weighted by Crippen LogP contribution is -2.60. The van der Waals surface area contributed by atoms with Crippen molar-refractivity contribution in [3.8, 4) is 0 Å². The Morgan fingerprint density at radius 3 is 2.36 bits per heavy atom. The number of ether oxygens (including phenoxy) is 1. The standard InChI is InChI=1S/C23H32O5/c1-13(24)23(28-14(2)25)10-9-21(3)15(12-23)11-18(26)20-16-5-6-19(27)22(16,4)8-7-17(20)21/h15-17,20H,5-12H2,1-4H3/t15-,16?,17?,20?,21-,22-,23?/m0/s1. The summed E-state index contributed by atoms with van der Waals surface area (Å²) in [6, 6.07) is 0. The molecular weight excluding hydrogens is 356 g/mol. The van der Waals surface area contributed by atoms with Crippen molar-refractivity contribution in [3.05, 3.63) is 0 Å². The third kappa shape index (κ3) is 2.57. The van der Waals surface area contributed by atoms with Crippen molar-refractivity contribution in [1.29, 1.82) is 0 Å². The summed E-state index contributed by atoms with van der Waals surface area (Å²) >= 11 is 0. The molecule has 0 aromatic heterocycles. The molecule has 4 aliphatic rings. The van der Waals surface area contributed by atoms with Gasteiger partial charge in [0.25, 0.3) is 0 Å². The molecule has 0 amide bonds. The van der Waals surface area contributed by atoms with E-state index in [2.05, 4.69) is 13.8 Å². The van der Waals surface area contributed by atoms with Crippen molar-refractivity contribution in [2.24, 2.45) is 34.5 Å². The summed E-state index contributed by atoms with van der Waals surface area (Å²) in [5.74, 6) is 0.533. The Labute approximate surface area is 167 Å². The first-order chi connectivity index (χ1) is 13.0. The third-order valence-corrected chi connectivity index (χ3v) is 9.20. The van der Waals surface area contributed by atoms with Crippen LogP contribution in [0.25, 0.3) is 0 Å². The van der Waals surface area contributed by atoms with Crippen LogP contribution in [0.4, 0.5) is 0 Å². The SMILES string of the molecule is CC(=O)OC1(C(C)=O)CC[C@]2(C)C3CC[C@]4(C)C(=O)CCC4C3C(=O)C[C@H]2C1. The van der Waals surface area contributed by atoms with Crippen molar-refractivity contribution in [2.45, 2.75) is 84.7 Å². The van der Waals surface area contributed by atoms with E-state index in [1.807, 2.05) is 0 Å². The van der Waals surface area contributed by atoms with Gasteiger partial charge in [0.1, 0.15) is 11.6 Å². The lowest BCUT2D eigenvalue weighted by atomic mass is 9.44. The molecule has 4 aliphatic carbocycles. The van der Waals surface area contributed by atoms with Gasteiger partial charge < -0.3 is 4.74 Å². The van der Waals surface area contributed by atoms with Crippen LogP contribution >= 0.6 is 0 Å². The molecule has 0 aliphatic heterocycles. The van der Waals surface area contributed by atoms with Gasteiger partial charge in [-0.15, -0.1) is 0 Å². The first-order valence-corrected chi connectivity index (χ1v) is 10.8. The zero-order valence-electron chi connectivity index (χ0n) is 17.5. The second-order valence-electron chi connectivity index (χ2n) is 10.4. The highest BCUT2D eigenvalue weighted by atomic mass is 16.6. The van der Waals surface area contributed by atoms with Crippen LogP contribution in [0, 0.1) is 34.5 Å². The van der Waals surface area contributed by atoms with Gasteiger partial charge in [-0.25, -0.2) is 0 Å². The number of ketones is 3. The predicted octanol–water partition coefficient (Wildman–Crippen LogP) is 3.67. The molecule has 4 fully saturated rings. The molecule has 4 unspecified atom stereocenters. The molecule has 0 N–H and O–H groups in total. The zero-order valence-corrected chi connectivity index (χ0v) is 17.5. The topological polar surface area (TPSA) is 77.5 Å². The van der Waals surface area contributed by atoms with Gasteiger partial charge in [0.2, 0.25) is 0 Å². The summed E-state index contributed by atoms with van der Waals surface area (Å²) in [5, 5.41) is 0. The summed E-state index contributed by atoms with van der Waals surface area (Å²) in [7, 11) is 0. The second kappa shape index (κ2) is 6.24. The van der Waals surface area contributed by atoms with Gasteiger partial charge in [0, 0.05) is 31.1 Å². The van der Waals surface area contributed by atoms with Gasteiger partial charge in [0.05, 0.1) is 0 Å². The largest absolute Gasteiger partial charge is 0.451 e. The summed E-state index contributed by atoms with van der Waals surface area (Å²) in [4.78, 5) is 50.0. The first-order valence-electron chi connectivity index (χ1n) is 10.8. The smallest absolute Gasteiger partial charge is 0.303 e. The van der Waals surface area contributed by atoms with Crippen LogP contribution in [-0.2, 0) is 23.9 Å². The second-order valence-corrected chi connectivity index (χ2v) is 10.4. The lowest BCUT2D eigenvalue weighted by molar-refractivity contribution is -0.187. The molecular formula is C23H32O5. The fraction of sp³-hybridized carbons (Fsp3) is 0.826. The van der Waals surface area contributed by atoms with Gasteiger partial charge >= 0.3 is 5.97 Å². The van der Waals surface area contributed by atoms with E-state index in [1.165, 1.54) is 13.8 Å². The lowest BCUT2D eigenvalue weighted by Gasteiger charge is -2.60. The van der Waals surface area contributed by atoms with E-state index in [4.69, 9.17) is 4.74 Å². The Balaban J connectivity index is 1.66. The molecule has 28 heavy (non-hydrogen) atoms. The molecule has 0 radical (unpaired) electrons. The fourth-order valence-corrected chi connectivity index (χ4v) is 7.44. The molecule has 5 nitrogen and oxygen atoms in total. The number of fused-ring (bicyclic) bond motifs is 5. The number of Topliss-reactive ketones (excluding diaryl/α,β-unsaturated/α-hetero) is 3. The van der Waals surface area contributed by atoms with Crippen LogP contribution in [0.2, 0.25) is 0 Å². The minimum Gasteiger partial charge on any atom is -0.451 e. The van der Waals surface area contributed by atoms with Crippen molar-refractivity contribution >= 4 is 23.3 Å². The highest BCUT2D eigenvalue weighted by molar-refractivity contribution is 5.91. The van der Waals surface area contributed by atoms with E-state index >= 15 is 0 Å². The van der Waals surface area contributed by atoms with Crippen molar-refractivity contribution in [3.63, 3.8) is 0 Å². The van der Waals surface area contributed by atoms with E-state index in [-0.39, 0.29) is 46.1 Å². The van der Waals surface area contributed by atoms with Gasteiger partial charge in [0.15, 0.2) is 11.4 Å². The monoisotopic (exact) mass is 388 g/mol. The number of hydrogen-bond donors (Lipinski definition) is 0. The number of hydrogen-bond acceptors (Lipinski definition) is 5. The maximum Gasteiger partial charge on any atom is 0.303 e. The fourth-order valence-electron chi connectivity index (χ4n) is 7.44. The predicted molar refractivity (Wildman–Crippen MR) is 102 cm³/mol. The van der Waals surface area contributed by atoms with E-state index in [9.17, 15) is 19.2 Å². The molecule has 4 saturated carbocycles. The minimum atomic E-state index is -1.07. The molecule has 0 bridgehead atoms. The minimum absolute atomic E-state index is 0.0231. The number of rotatable bonds is 2. The van der Waals surface area contributed by atoms with E-state index in [1.54, 1.807) is 0 Å². The average Bonchev–Trinajstić information content (AvgIpc) is 2.91. The maximum atomic E-state index is 13.3. The van der Waals surface area contributed by atoms with Gasteiger partial charge in [-0.05, 0) is 68.6 Å². The highest BCUT2D eigenvalue weighted by Gasteiger charge is 2.64. The maximum absolute atomic E-state index is 13.3. The van der Waals surface area contributed by atoms with E-state index in [0.29, 0.717) is 31.5 Å². The Bertz CT molecular complexity index is 756. The van der Waals surface area contributed by atoms with Crippen LogP contribution in [0.3, 0.4) is 0 Å². The average molecular weight is 389 g/mol. The number of esters is 1. The summed E-state index contributed by atoms with van der Waals surface area (Å²) in [6.45, 7) is 7.20. The Morgan fingerprint density at radius 1 is 1.00 bits per heavy atom. The summed E-state index contributed by atoms with van der Waals surface area (Å²) in [6.07, 6.45) is 5.44. The highest BCUT2D eigenvalue weighted by Crippen LogP contribution is 2.65. The van der Waals surface area contributed by atoms with E-state index in [0.717, 1.165) is 25.7 Å². The van der Waals surface area contributed by atoms with Gasteiger partial charge in [-0.1, -0.05) is 13.8 Å². The molecule has 4 rings (SSSR count). The number of carbonyl (C=O) groups excluding carboxylic acids is 4. The van der Waals surface area contributed by atoms with Crippen LogP contribution in [0.1, 0.15) is 79.1 Å².